The fourth-order valence-corrected chi connectivity index (χ4v) is 1.96. The number of halogens is 1. The Kier molecular flexibility index (Phi) is 4.95. The third-order valence-electron chi connectivity index (χ3n) is 2.74. The SMILES string of the molecule is CC(=O)Nc1cccc(C(=O)OCc2ccccc2Cl)c1. The Bertz CT molecular complexity index is 670. The second-order valence-electron chi connectivity index (χ2n) is 4.43. The van der Waals surface area contributed by atoms with Crippen molar-refractivity contribution in [3.63, 3.8) is 0 Å². The first-order valence-electron chi connectivity index (χ1n) is 6.34. The topological polar surface area (TPSA) is 55.4 Å². The molecule has 0 unspecified atom stereocenters. The van der Waals surface area contributed by atoms with E-state index >= 15 is 0 Å². The highest BCUT2D eigenvalue weighted by Gasteiger charge is 2.09. The largest absolute Gasteiger partial charge is 0.457 e. The van der Waals surface area contributed by atoms with Gasteiger partial charge in [0.2, 0.25) is 5.91 Å². The van der Waals surface area contributed by atoms with Crippen LogP contribution in [-0.2, 0) is 16.1 Å². The van der Waals surface area contributed by atoms with Crippen LogP contribution in [0.5, 0.6) is 0 Å². The molecule has 2 aromatic carbocycles. The number of hydrogen-bond acceptors (Lipinski definition) is 3. The van der Waals surface area contributed by atoms with Gasteiger partial charge in [-0.25, -0.2) is 4.79 Å². The van der Waals surface area contributed by atoms with Gasteiger partial charge in [0.15, 0.2) is 0 Å². The second kappa shape index (κ2) is 6.90. The van der Waals surface area contributed by atoms with Crippen molar-refractivity contribution in [2.24, 2.45) is 0 Å². The number of benzene rings is 2. The Hall–Kier alpha value is -2.33. The number of rotatable bonds is 4. The van der Waals surface area contributed by atoms with Gasteiger partial charge in [-0.3, -0.25) is 4.79 Å². The van der Waals surface area contributed by atoms with Gasteiger partial charge >= 0.3 is 5.97 Å². The molecule has 0 aromatic heterocycles. The maximum absolute atomic E-state index is 12.0. The van der Waals surface area contributed by atoms with E-state index < -0.39 is 5.97 Å². The molecule has 0 spiro atoms. The molecule has 0 heterocycles. The van der Waals surface area contributed by atoms with Gasteiger partial charge in [-0.05, 0) is 24.3 Å². The van der Waals surface area contributed by atoms with Gasteiger partial charge < -0.3 is 10.1 Å². The standard InChI is InChI=1S/C16H14ClNO3/c1-11(19)18-14-7-4-6-12(9-14)16(20)21-10-13-5-2-3-8-15(13)17/h2-9H,10H2,1H3,(H,18,19). The lowest BCUT2D eigenvalue weighted by molar-refractivity contribution is -0.114. The van der Waals surface area contributed by atoms with E-state index in [4.69, 9.17) is 16.3 Å². The number of esters is 1. The predicted molar refractivity (Wildman–Crippen MR) is 81.3 cm³/mol. The van der Waals surface area contributed by atoms with Crippen molar-refractivity contribution in [2.45, 2.75) is 13.5 Å². The van der Waals surface area contributed by atoms with Crippen molar-refractivity contribution >= 4 is 29.2 Å². The predicted octanol–water partition coefficient (Wildman–Crippen LogP) is 3.66. The average molecular weight is 304 g/mol. The van der Waals surface area contributed by atoms with Gasteiger partial charge in [0.25, 0.3) is 0 Å². The number of ether oxygens (including phenoxy) is 1. The van der Waals surface area contributed by atoms with Crippen molar-refractivity contribution in [2.75, 3.05) is 5.32 Å². The maximum Gasteiger partial charge on any atom is 0.338 e. The number of carbonyl (C=O) groups is 2. The van der Waals surface area contributed by atoms with Gasteiger partial charge in [-0.1, -0.05) is 35.9 Å². The minimum atomic E-state index is -0.470. The van der Waals surface area contributed by atoms with Crippen molar-refractivity contribution in [3.8, 4) is 0 Å². The molecule has 21 heavy (non-hydrogen) atoms. The zero-order chi connectivity index (χ0) is 15.2. The van der Waals surface area contributed by atoms with Crippen LogP contribution in [0, 0.1) is 0 Å². The summed E-state index contributed by atoms with van der Waals surface area (Å²) in [5.41, 5.74) is 1.66. The van der Waals surface area contributed by atoms with Crippen molar-refractivity contribution in [1.29, 1.82) is 0 Å². The van der Waals surface area contributed by atoms with Crippen LogP contribution in [0.3, 0.4) is 0 Å². The first-order valence-corrected chi connectivity index (χ1v) is 6.72. The molecule has 0 radical (unpaired) electrons. The third kappa shape index (κ3) is 4.33. The number of hydrogen-bond donors (Lipinski definition) is 1. The van der Waals surface area contributed by atoms with E-state index in [1.807, 2.05) is 12.1 Å². The van der Waals surface area contributed by atoms with Crippen LogP contribution in [0.25, 0.3) is 0 Å². The van der Waals surface area contributed by atoms with E-state index in [1.54, 1.807) is 36.4 Å². The summed E-state index contributed by atoms with van der Waals surface area (Å²) in [6, 6.07) is 13.7. The fraction of sp³-hybridized carbons (Fsp3) is 0.125. The zero-order valence-electron chi connectivity index (χ0n) is 11.4. The van der Waals surface area contributed by atoms with Crippen LogP contribution in [0.4, 0.5) is 5.69 Å². The second-order valence-corrected chi connectivity index (χ2v) is 4.84. The molecule has 108 valence electrons. The number of amides is 1. The highest BCUT2D eigenvalue weighted by Crippen LogP contribution is 2.17. The number of anilines is 1. The summed E-state index contributed by atoms with van der Waals surface area (Å²) in [4.78, 5) is 23.0. The normalized spacial score (nSPS) is 10.0. The Morgan fingerprint density at radius 3 is 2.62 bits per heavy atom. The van der Waals surface area contributed by atoms with Gasteiger partial charge in [0, 0.05) is 23.2 Å². The molecule has 4 nitrogen and oxygen atoms in total. The molecule has 2 rings (SSSR count). The summed E-state index contributed by atoms with van der Waals surface area (Å²) >= 11 is 6.00. The van der Waals surface area contributed by atoms with Crippen molar-refractivity contribution < 1.29 is 14.3 Å². The summed E-state index contributed by atoms with van der Waals surface area (Å²) in [6.07, 6.45) is 0. The zero-order valence-corrected chi connectivity index (χ0v) is 12.2. The molecule has 0 aliphatic heterocycles. The highest BCUT2D eigenvalue weighted by atomic mass is 35.5. The summed E-state index contributed by atoms with van der Waals surface area (Å²) in [7, 11) is 0. The lowest BCUT2D eigenvalue weighted by Gasteiger charge is -2.08. The van der Waals surface area contributed by atoms with E-state index in [9.17, 15) is 9.59 Å². The highest BCUT2D eigenvalue weighted by molar-refractivity contribution is 6.31. The molecule has 1 amide bonds. The minimum Gasteiger partial charge on any atom is -0.457 e. The van der Waals surface area contributed by atoms with E-state index in [1.165, 1.54) is 6.92 Å². The minimum absolute atomic E-state index is 0.100. The molecule has 5 heteroatoms. The van der Waals surface area contributed by atoms with Crippen LogP contribution in [-0.4, -0.2) is 11.9 Å². The van der Waals surface area contributed by atoms with Crippen molar-refractivity contribution in [3.05, 3.63) is 64.7 Å². The van der Waals surface area contributed by atoms with Gasteiger partial charge in [-0.2, -0.15) is 0 Å². The maximum atomic E-state index is 12.0. The Morgan fingerprint density at radius 1 is 1.14 bits per heavy atom. The quantitative estimate of drug-likeness (QED) is 0.877. The lowest BCUT2D eigenvalue weighted by Crippen LogP contribution is -2.09. The van der Waals surface area contributed by atoms with Crippen LogP contribution >= 0.6 is 11.6 Å². The van der Waals surface area contributed by atoms with E-state index in [-0.39, 0.29) is 12.5 Å². The molecular weight excluding hydrogens is 290 g/mol. The van der Waals surface area contributed by atoms with Crippen LogP contribution in [0.15, 0.2) is 48.5 Å². The summed E-state index contributed by atoms with van der Waals surface area (Å²) in [5, 5.41) is 3.17. The van der Waals surface area contributed by atoms with Gasteiger partial charge in [-0.15, -0.1) is 0 Å². The van der Waals surface area contributed by atoms with Gasteiger partial charge in [0.05, 0.1) is 5.56 Å². The first kappa shape index (κ1) is 15.1. The van der Waals surface area contributed by atoms with Crippen LogP contribution < -0.4 is 5.32 Å². The van der Waals surface area contributed by atoms with Gasteiger partial charge in [0.1, 0.15) is 6.61 Å². The molecular formula is C16H14ClNO3. The molecule has 0 saturated carbocycles. The summed E-state index contributed by atoms with van der Waals surface area (Å²) in [5.74, 6) is -0.668. The number of carbonyl (C=O) groups excluding carboxylic acids is 2. The molecule has 0 atom stereocenters. The lowest BCUT2D eigenvalue weighted by atomic mass is 10.2. The average Bonchev–Trinajstić information content (AvgIpc) is 2.45. The molecule has 0 bridgehead atoms. The summed E-state index contributed by atoms with van der Waals surface area (Å²) in [6.45, 7) is 1.51. The van der Waals surface area contributed by atoms with Crippen molar-refractivity contribution in [1.82, 2.24) is 0 Å². The molecule has 0 aliphatic carbocycles. The summed E-state index contributed by atoms with van der Waals surface area (Å²) < 4.78 is 5.22. The Labute approximate surface area is 127 Å². The van der Waals surface area contributed by atoms with E-state index in [0.29, 0.717) is 16.3 Å². The third-order valence-corrected chi connectivity index (χ3v) is 3.10. The molecule has 1 N–H and O–H groups in total. The fourth-order valence-electron chi connectivity index (χ4n) is 1.77. The number of nitrogens with one attached hydrogen (secondary N) is 1. The van der Waals surface area contributed by atoms with Crippen LogP contribution in [0.2, 0.25) is 5.02 Å². The molecule has 2 aromatic rings. The molecule has 0 aliphatic rings. The Balaban J connectivity index is 2.03. The van der Waals surface area contributed by atoms with E-state index in [0.717, 1.165) is 5.56 Å². The monoisotopic (exact) mass is 303 g/mol. The first-order chi connectivity index (χ1) is 10.1. The molecule has 0 saturated heterocycles. The smallest absolute Gasteiger partial charge is 0.338 e. The Morgan fingerprint density at radius 2 is 1.90 bits per heavy atom. The van der Waals surface area contributed by atoms with E-state index in [2.05, 4.69) is 5.32 Å². The molecule has 0 fully saturated rings. The van der Waals surface area contributed by atoms with Crippen LogP contribution in [0.1, 0.15) is 22.8 Å².